The number of hydrogen-bond donors (Lipinski definition) is 1. The molecule has 0 aliphatic rings. The standard InChI is InChI=1S/C26H31N5O3/c1-17(2)34-13-7-12-30-25(33)21-8-5-6-9-22(21)31-23(28-29-26(30)31)10-11-24(32)27-20-15-18(3)14-19(4)16-20/h5-6,8-9,14-17H,7,10-13H2,1-4H3,(H,27,32). The zero-order chi connectivity index (χ0) is 24.2. The molecule has 1 N–H and O–H groups in total. The summed E-state index contributed by atoms with van der Waals surface area (Å²) in [5, 5.41) is 12.3. The summed E-state index contributed by atoms with van der Waals surface area (Å²) in [7, 11) is 0. The first-order valence-electron chi connectivity index (χ1n) is 11.7. The third kappa shape index (κ3) is 5.17. The van der Waals surface area contributed by atoms with Crippen molar-refractivity contribution in [2.75, 3.05) is 11.9 Å². The van der Waals surface area contributed by atoms with Gasteiger partial charge in [-0.2, -0.15) is 0 Å². The van der Waals surface area contributed by atoms with E-state index in [2.05, 4.69) is 21.6 Å². The van der Waals surface area contributed by atoms with E-state index in [0.29, 0.717) is 43.0 Å². The molecule has 178 valence electrons. The minimum Gasteiger partial charge on any atom is -0.379 e. The molecule has 8 heteroatoms. The fourth-order valence-electron chi connectivity index (χ4n) is 4.22. The summed E-state index contributed by atoms with van der Waals surface area (Å²) < 4.78 is 9.18. The summed E-state index contributed by atoms with van der Waals surface area (Å²) in [5.41, 5.74) is 3.63. The van der Waals surface area contributed by atoms with Crippen molar-refractivity contribution >= 4 is 28.3 Å². The predicted octanol–water partition coefficient (Wildman–Crippen LogP) is 4.05. The van der Waals surface area contributed by atoms with Crippen molar-refractivity contribution in [3.63, 3.8) is 0 Å². The lowest BCUT2D eigenvalue weighted by Gasteiger charge is -2.12. The molecule has 4 rings (SSSR count). The van der Waals surface area contributed by atoms with Crippen molar-refractivity contribution in [1.82, 2.24) is 19.2 Å². The molecule has 8 nitrogen and oxygen atoms in total. The second kappa shape index (κ2) is 10.2. The van der Waals surface area contributed by atoms with Gasteiger partial charge < -0.3 is 10.1 Å². The van der Waals surface area contributed by atoms with Gasteiger partial charge in [0, 0.05) is 31.7 Å². The molecule has 0 fully saturated rings. The van der Waals surface area contributed by atoms with Crippen molar-refractivity contribution in [3.8, 4) is 0 Å². The number of anilines is 1. The lowest BCUT2D eigenvalue weighted by Crippen LogP contribution is -2.24. The van der Waals surface area contributed by atoms with Gasteiger partial charge in [-0.25, -0.2) is 0 Å². The molecular formula is C26H31N5O3. The van der Waals surface area contributed by atoms with Gasteiger partial charge in [0.15, 0.2) is 0 Å². The fraction of sp³-hybridized carbons (Fsp3) is 0.385. The molecule has 0 unspecified atom stereocenters. The Morgan fingerprint density at radius 3 is 2.56 bits per heavy atom. The number of carbonyl (C=O) groups is 1. The van der Waals surface area contributed by atoms with Crippen LogP contribution in [0.3, 0.4) is 0 Å². The average Bonchev–Trinajstić information content (AvgIpc) is 3.20. The van der Waals surface area contributed by atoms with Gasteiger partial charge in [0.2, 0.25) is 11.7 Å². The van der Waals surface area contributed by atoms with E-state index in [0.717, 1.165) is 22.3 Å². The Kier molecular flexibility index (Phi) is 7.07. The van der Waals surface area contributed by atoms with Gasteiger partial charge in [-0.15, -0.1) is 10.2 Å². The van der Waals surface area contributed by atoms with Crippen molar-refractivity contribution in [2.45, 2.75) is 59.6 Å². The van der Waals surface area contributed by atoms with E-state index in [1.807, 2.05) is 68.5 Å². The molecule has 0 bridgehead atoms. The highest BCUT2D eigenvalue weighted by atomic mass is 16.5. The first-order chi connectivity index (χ1) is 16.3. The van der Waals surface area contributed by atoms with Gasteiger partial charge in [-0.1, -0.05) is 18.2 Å². The molecular weight excluding hydrogens is 430 g/mol. The molecule has 0 saturated carbocycles. The number of carbonyl (C=O) groups excluding carboxylic acids is 1. The highest BCUT2D eigenvalue weighted by Crippen LogP contribution is 2.17. The van der Waals surface area contributed by atoms with E-state index in [9.17, 15) is 9.59 Å². The monoisotopic (exact) mass is 461 g/mol. The number of rotatable bonds is 9. The zero-order valence-corrected chi connectivity index (χ0v) is 20.2. The first-order valence-corrected chi connectivity index (χ1v) is 11.7. The van der Waals surface area contributed by atoms with E-state index in [-0.39, 0.29) is 24.0 Å². The van der Waals surface area contributed by atoms with E-state index in [1.54, 1.807) is 4.57 Å². The summed E-state index contributed by atoms with van der Waals surface area (Å²) in [4.78, 5) is 25.8. The quantitative estimate of drug-likeness (QED) is 0.380. The number of nitrogens with zero attached hydrogens (tertiary/aromatic N) is 4. The Balaban J connectivity index is 1.59. The van der Waals surface area contributed by atoms with Crippen LogP contribution in [0.4, 0.5) is 5.69 Å². The molecule has 0 radical (unpaired) electrons. The highest BCUT2D eigenvalue weighted by molar-refractivity contribution is 5.91. The van der Waals surface area contributed by atoms with Gasteiger partial charge in [-0.3, -0.25) is 18.6 Å². The number of aromatic nitrogens is 4. The van der Waals surface area contributed by atoms with E-state index < -0.39 is 0 Å². The topological polar surface area (TPSA) is 90.5 Å². The van der Waals surface area contributed by atoms with Gasteiger partial charge in [0.25, 0.3) is 5.56 Å². The summed E-state index contributed by atoms with van der Waals surface area (Å²) in [6.45, 7) is 9.02. The van der Waals surface area contributed by atoms with Crippen LogP contribution in [0.25, 0.3) is 16.7 Å². The van der Waals surface area contributed by atoms with Gasteiger partial charge in [0.05, 0.1) is 17.0 Å². The summed E-state index contributed by atoms with van der Waals surface area (Å²) >= 11 is 0. The number of hydrogen-bond acceptors (Lipinski definition) is 5. The number of aryl methyl sites for hydroxylation is 4. The van der Waals surface area contributed by atoms with Gasteiger partial charge in [0.1, 0.15) is 5.82 Å². The lowest BCUT2D eigenvalue weighted by molar-refractivity contribution is -0.116. The minimum absolute atomic E-state index is 0.0924. The molecule has 4 aromatic rings. The van der Waals surface area contributed by atoms with E-state index in [4.69, 9.17) is 4.74 Å². The summed E-state index contributed by atoms with van der Waals surface area (Å²) in [5.74, 6) is 1.04. The number of para-hydroxylation sites is 1. The molecule has 0 aliphatic heterocycles. The van der Waals surface area contributed by atoms with Crippen LogP contribution >= 0.6 is 0 Å². The van der Waals surface area contributed by atoms with E-state index >= 15 is 0 Å². The van der Waals surface area contributed by atoms with Crippen molar-refractivity contribution in [3.05, 3.63) is 69.8 Å². The largest absolute Gasteiger partial charge is 0.379 e. The highest BCUT2D eigenvalue weighted by Gasteiger charge is 2.17. The SMILES string of the molecule is Cc1cc(C)cc(NC(=O)CCc2nnc3n(CCCOC(C)C)c(=O)c4ccccc4n23)c1. The molecule has 2 heterocycles. The average molecular weight is 462 g/mol. The van der Waals surface area contributed by atoms with Crippen LogP contribution in [0.15, 0.2) is 47.3 Å². The smallest absolute Gasteiger partial charge is 0.262 e. The Morgan fingerprint density at radius 1 is 1.09 bits per heavy atom. The third-order valence-corrected chi connectivity index (χ3v) is 5.63. The van der Waals surface area contributed by atoms with Gasteiger partial charge >= 0.3 is 0 Å². The first kappa shape index (κ1) is 23.6. The molecule has 0 aliphatic carbocycles. The van der Waals surface area contributed by atoms with E-state index in [1.165, 1.54) is 0 Å². The molecule has 34 heavy (non-hydrogen) atoms. The van der Waals surface area contributed by atoms with Crippen LogP contribution in [0.2, 0.25) is 0 Å². The van der Waals surface area contributed by atoms with Crippen LogP contribution in [0.5, 0.6) is 0 Å². The molecule has 2 aromatic heterocycles. The third-order valence-electron chi connectivity index (χ3n) is 5.63. The van der Waals surface area contributed by atoms with Crippen LogP contribution in [-0.4, -0.2) is 37.8 Å². The number of benzene rings is 2. The Bertz CT molecular complexity index is 1370. The van der Waals surface area contributed by atoms with Crippen LogP contribution in [-0.2, 0) is 22.5 Å². The van der Waals surface area contributed by atoms with Crippen LogP contribution < -0.4 is 10.9 Å². The maximum atomic E-state index is 13.2. The normalized spacial score (nSPS) is 11.6. The van der Waals surface area contributed by atoms with Crippen molar-refractivity contribution < 1.29 is 9.53 Å². The Labute approximate surface area is 198 Å². The number of amides is 1. The fourth-order valence-corrected chi connectivity index (χ4v) is 4.22. The van der Waals surface area contributed by atoms with Crippen LogP contribution in [0.1, 0.15) is 43.6 Å². The molecule has 1 amide bonds. The molecule has 2 aromatic carbocycles. The maximum Gasteiger partial charge on any atom is 0.262 e. The van der Waals surface area contributed by atoms with Crippen LogP contribution in [0, 0.1) is 13.8 Å². The second-order valence-electron chi connectivity index (χ2n) is 8.92. The van der Waals surface area contributed by atoms with Crippen molar-refractivity contribution in [1.29, 1.82) is 0 Å². The van der Waals surface area contributed by atoms with Gasteiger partial charge in [-0.05, 0) is 69.5 Å². The lowest BCUT2D eigenvalue weighted by atomic mass is 10.1. The maximum absolute atomic E-state index is 13.2. The molecule has 0 saturated heterocycles. The second-order valence-corrected chi connectivity index (χ2v) is 8.92. The molecule has 0 atom stereocenters. The summed E-state index contributed by atoms with van der Waals surface area (Å²) in [6.07, 6.45) is 1.48. The number of nitrogens with one attached hydrogen (secondary N) is 1. The predicted molar refractivity (Wildman–Crippen MR) is 133 cm³/mol. The summed E-state index contributed by atoms with van der Waals surface area (Å²) in [6, 6.07) is 13.4. The minimum atomic E-state index is -0.0980. The number of fused-ring (bicyclic) bond motifs is 3. The Hall–Kier alpha value is -3.52. The molecule has 0 spiro atoms. The van der Waals surface area contributed by atoms with Crippen molar-refractivity contribution in [2.24, 2.45) is 0 Å². The zero-order valence-electron chi connectivity index (χ0n) is 20.2. The number of ether oxygens (including phenoxy) is 1. The Morgan fingerprint density at radius 2 is 1.82 bits per heavy atom.